The first-order valence-electron chi connectivity index (χ1n) is 9.87. The van der Waals surface area contributed by atoms with Gasteiger partial charge in [0.2, 0.25) is 11.8 Å². The average molecular weight is 398 g/mol. The van der Waals surface area contributed by atoms with E-state index >= 15 is 0 Å². The van der Waals surface area contributed by atoms with Crippen LogP contribution in [0.15, 0.2) is 36.5 Å². The molecule has 1 aromatic carbocycles. The van der Waals surface area contributed by atoms with Crippen LogP contribution in [0.3, 0.4) is 0 Å². The van der Waals surface area contributed by atoms with Gasteiger partial charge in [-0.3, -0.25) is 9.59 Å². The summed E-state index contributed by atoms with van der Waals surface area (Å²) in [7, 11) is 2.06. The van der Waals surface area contributed by atoms with Gasteiger partial charge in [-0.2, -0.15) is 0 Å². The maximum atomic E-state index is 12.5. The number of nitrogens with zero attached hydrogens (tertiary/aromatic N) is 6. The van der Waals surface area contributed by atoms with Crippen LogP contribution < -0.4 is 0 Å². The van der Waals surface area contributed by atoms with Crippen molar-refractivity contribution in [3.05, 3.63) is 47.8 Å². The van der Waals surface area contributed by atoms with Gasteiger partial charge in [0.25, 0.3) is 0 Å². The molecule has 0 aliphatic carbocycles. The predicted molar refractivity (Wildman–Crippen MR) is 105 cm³/mol. The Morgan fingerprint density at radius 2 is 1.93 bits per heavy atom. The van der Waals surface area contributed by atoms with E-state index in [2.05, 4.69) is 22.3 Å². The first-order chi connectivity index (χ1) is 14.1. The van der Waals surface area contributed by atoms with Crippen LogP contribution in [0, 0.1) is 0 Å². The number of hydrogen-bond acceptors (Lipinski definition) is 6. The van der Waals surface area contributed by atoms with E-state index in [1.165, 1.54) is 0 Å². The lowest BCUT2D eigenvalue weighted by molar-refractivity contribution is -0.149. The van der Waals surface area contributed by atoms with Crippen molar-refractivity contribution in [2.24, 2.45) is 0 Å². The lowest BCUT2D eigenvalue weighted by atomic mass is 10.0. The summed E-state index contributed by atoms with van der Waals surface area (Å²) in [6.45, 7) is 4.25. The van der Waals surface area contributed by atoms with Crippen molar-refractivity contribution in [2.45, 2.75) is 19.1 Å². The standard InChI is InChI=1S/C20H26N6O3/c1-23-7-9-24(10-8-23)19(27)13-25-11-17(21-22-25)12-26-18(14-29-15-20(26)28)16-5-3-2-4-6-16/h2-6,11,18H,7-10,12-15H2,1H3/t18-/m0/s1. The van der Waals surface area contributed by atoms with E-state index in [-0.39, 0.29) is 31.0 Å². The van der Waals surface area contributed by atoms with Gasteiger partial charge in [0.15, 0.2) is 0 Å². The van der Waals surface area contributed by atoms with Crippen molar-refractivity contribution >= 4 is 11.8 Å². The quantitative estimate of drug-likeness (QED) is 0.713. The molecule has 2 fully saturated rings. The molecule has 2 amide bonds. The van der Waals surface area contributed by atoms with E-state index < -0.39 is 0 Å². The monoisotopic (exact) mass is 398 g/mol. The highest BCUT2D eigenvalue weighted by Gasteiger charge is 2.30. The number of likely N-dealkylation sites (N-methyl/N-ethyl adjacent to an activating group) is 1. The molecule has 2 aromatic rings. The predicted octanol–water partition coefficient (Wildman–Crippen LogP) is 0.152. The van der Waals surface area contributed by atoms with Gasteiger partial charge < -0.3 is 19.4 Å². The zero-order valence-corrected chi connectivity index (χ0v) is 16.6. The van der Waals surface area contributed by atoms with Crippen molar-refractivity contribution in [3.8, 4) is 0 Å². The molecule has 9 nitrogen and oxygen atoms in total. The second kappa shape index (κ2) is 8.71. The van der Waals surface area contributed by atoms with Crippen LogP contribution in [0.2, 0.25) is 0 Å². The first-order valence-corrected chi connectivity index (χ1v) is 9.87. The van der Waals surface area contributed by atoms with E-state index in [4.69, 9.17) is 4.74 Å². The van der Waals surface area contributed by atoms with Crippen LogP contribution in [0.25, 0.3) is 0 Å². The summed E-state index contributed by atoms with van der Waals surface area (Å²) in [5.41, 5.74) is 1.69. The molecule has 0 N–H and O–H groups in total. The third-order valence-electron chi connectivity index (χ3n) is 5.45. The molecular weight excluding hydrogens is 372 g/mol. The summed E-state index contributed by atoms with van der Waals surface area (Å²) >= 11 is 0. The van der Waals surface area contributed by atoms with Gasteiger partial charge in [-0.25, -0.2) is 4.68 Å². The van der Waals surface area contributed by atoms with Gasteiger partial charge in [-0.05, 0) is 12.6 Å². The zero-order chi connectivity index (χ0) is 20.2. The minimum Gasteiger partial charge on any atom is -0.369 e. The molecule has 9 heteroatoms. The lowest BCUT2D eigenvalue weighted by Crippen LogP contribution is -2.48. The Kier molecular flexibility index (Phi) is 5.86. The molecule has 154 valence electrons. The third kappa shape index (κ3) is 4.63. The summed E-state index contributed by atoms with van der Waals surface area (Å²) in [4.78, 5) is 30.8. The number of ether oxygens (including phenoxy) is 1. The molecule has 0 bridgehead atoms. The van der Waals surface area contributed by atoms with Crippen LogP contribution in [0.5, 0.6) is 0 Å². The number of carbonyl (C=O) groups is 2. The number of benzene rings is 1. The van der Waals surface area contributed by atoms with Gasteiger partial charge in [-0.15, -0.1) is 5.10 Å². The zero-order valence-electron chi connectivity index (χ0n) is 16.6. The van der Waals surface area contributed by atoms with Crippen molar-refractivity contribution in [2.75, 3.05) is 46.4 Å². The van der Waals surface area contributed by atoms with E-state index in [0.29, 0.717) is 18.8 Å². The number of carbonyl (C=O) groups excluding carboxylic acids is 2. The van der Waals surface area contributed by atoms with Crippen LogP contribution in [-0.4, -0.2) is 87.9 Å². The Morgan fingerprint density at radius 3 is 2.69 bits per heavy atom. The van der Waals surface area contributed by atoms with Gasteiger partial charge in [-0.1, -0.05) is 35.5 Å². The topological polar surface area (TPSA) is 83.8 Å². The summed E-state index contributed by atoms with van der Waals surface area (Å²) in [6, 6.07) is 9.67. The summed E-state index contributed by atoms with van der Waals surface area (Å²) in [5, 5.41) is 8.28. The van der Waals surface area contributed by atoms with Crippen molar-refractivity contribution < 1.29 is 14.3 Å². The number of hydrogen-bond donors (Lipinski definition) is 0. The number of morpholine rings is 1. The molecule has 1 aromatic heterocycles. The highest BCUT2D eigenvalue weighted by Crippen LogP contribution is 2.26. The van der Waals surface area contributed by atoms with Crippen molar-refractivity contribution in [1.29, 1.82) is 0 Å². The van der Waals surface area contributed by atoms with Gasteiger partial charge >= 0.3 is 0 Å². The molecular formula is C20H26N6O3. The van der Waals surface area contributed by atoms with E-state index in [1.54, 1.807) is 15.8 Å². The Hall–Kier alpha value is -2.78. The first kappa shape index (κ1) is 19.5. The van der Waals surface area contributed by atoms with Gasteiger partial charge in [0.1, 0.15) is 18.8 Å². The molecule has 4 rings (SSSR count). The largest absolute Gasteiger partial charge is 0.369 e. The maximum absolute atomic E-state index is 12.5. The fourth-order valence-corrected chi connectivity index (χ4v) is 3.71. The Bertz CT molecular complexity index is 847. The summed E-state index contributed by atoms with van der Waals surface area (Å²) < 4.78 is 7.02. The molecule has 0 spiro atoms. The summed E-state index contributed by atoms with van der Waals surface area (Å²) in [5.74, 6) is -0.0349. The van der Waals surface area contributed by atoms with Crippen LogP contribution in [-0.2, 0) is 27.4 Å². The Labute approximate surface area is 169 Å². The second-order valence-corrected chi connectivity index (χ2v) is 7.55. The lowest BCUT2D eigenvalue weighted by Gasteiger charge is -2.35. The second-order valence-electron chi connectivity index (χ2n) is 7.55. The fourth-order valence-electron chi connectivity index (χ4n) is 3.71. The maximum Gasteiger partial charge on any atom is 0.249 e. The molecule has 0 saturated carbocycles. The molecule has 2 saturated heterocycles. The number of rotatable bonds is 5. The molecule has 3 heterocycles. The van der Waals surface area contributed by atoms with Crippen LogP contribution in [0.4, 0.5) is 0 Å². The highest BCUT2D eigenvalue weighted by atomic mass is 16.5. The van der Waals surface area contributed by atoms with Crippen LogP contribution in [0.1, 0.15) is 17.3 Å². The number of piperazine rings is 1. The Balaban J connectivity index is 1.41. The smallest absolute Gasteiger partial charge is 0.249 e. The van der Waals surface area contributed by atoms with E-state index in [1.807, 2.05) is 35.2 Å². The normalized spacial score (nSPS) is 20.9. The molecule has 0 radical (unpaired) electrons. The molecule has 0 unspecified atom stereocenters. The van der Waals surface area contributed by atoms with Crippen LogP contribution >= 0.6 is 0 Å². The fraction of sp³-hybridized carbons (Fsp3) is 0.500. The van der Waals surface area contributed by atoms with Gasteiger partial charge in [0, 0.05) is 26.2 Å². The van der Waals surface area contributed by atoms with Gasteiger partial charge in [0.05, 0.1) is 25.4 Å². The number of aromatic nitrogens is 3. The van der Waals surface area contributed by atoms with Crippen molar-refractivity contribution in [1.82, 2.24) is 29.7 Å². The Morgan fingerprint density at radius 1 is 1.17 bits per heavy atom. The molecule has 1 atom stereocenters. The van der Waals surface area contributed by atoms with Crippen molar-refractivity contribution in [3.63, 3.8) is 0 Å². The molecule has 2 aliphatic rings. The third-order valence-corrected chi connectivity index (χ3v) is 5.45. The van der Waals surface area contributed by atoms with E-state index in [0.717, 1.165) is 31.7 Å². The SMILES string of the molecule is CN1CCN(C(=O)Cn2cc(CN3C(=O)COC[C@H]3c3ccccc3)nn2)CC1. The highest BCUT2D eigenvalue weighted by molar-refractivity contribution is 5.78. The minimum atomic E-state index is -0.158. The average Bonchev–Trinajstić information content (AvgIpc) is 3.17. The summed E-state index contributed by atoms with van der Waals surface area (Å²) in [6.07, 6.45) is 1.75. The molecule has 29 heavy (non-hydrogen) atoms. The molecule has 2 aliphatic heterocycles. The number of amides is 2. The van der Waals surface area contributed by atoms with E-state index in [9.17, 15) is 9.59 Å². The minimum absolute atomic E-state index is 0.0409.